The molecule has 0 saturated heterocycles. The summed E-state index contributed by atoms with van der Waals surface area (Å²) in [5.74, 6) is 2.68. The highest BCUT2D eigenvalue weighted by molar-refractivity contribution is 14.0. The van der Waals surface area contributed by atoms with Crippen LogP contribution in [0.2, 0.25) is 0 Å². The topological polar surface area (TPSA) is 34.1 Å². The number of nitrogens with zero attached hydrogens (tertiary/aromatic N) is 2. The minimum absolute atomic E-state index is 0. The largest absolute Gasteiger partial charge is 0.497 e. The number of aryl methyl sites for hydroxylation is 2. The molecule has 3 aromatic carbocycles. The summed E-state index contributed by atoms with van der Waals surface area (Å²) in [5.41, 5.74) is 5.94. The molecule has 0 unspecified atom stereocenters. The number of halogens is 1. The molecule has 3 rings (SSSR count). The first kappa shape index (κ1) is 27.1. The van der Waals surface area contributed by atoms with Gasteiger partial charge in [0.15, 0.2) is 5.17 Å². The zero-order chi connectivity index (χ0) is 22.9. The van der Waals surface area contributed by atoms with Gasteiger partial charge in [-0.15, -0.1) is 24.0 Å². The van der Waals surface area contributed by atoms with Gasteiger partial charge in [0, 0.05) is 13.1 Å². The molecule has 4 nitrogen and oxygen atoms in total. The Hall–Kier alpha value is -2.19. The van der Waals surface area contributed by atoms with Crippen molar-refractivity contribution < 1.29 is 9.47 Å². The molecule has 0 fully saturated rings. The second kappa shape index (κ2) is 13.5. The molecule has 0 heterocycles. The number of ether oxygens (including phenoxy) is 2. The van der Waals surface area contributed by atoms with Crippen molar-refractivity contribution in [3.8, 4) is 11.5 Å². The fourth-order valence-corrected chi connectivity index (χ4v) is 4.06. The molecule has 0 bridgehead atoms. The second-order valence-electron chi connectivity index (χ2n) is 7.65. The highest BCUT2D eigenvalue weighted by atomic mass is 127. The average Bonchev–Trinajstić information content (AvgIpc) is 2.81. The number of hydrogen-bond donors (Lipinski definition) is 0. The molecule has 33 heavy (non-hydrogen) atoms. The van der Waals surface area contributed by atoms with Gasteiger partial charge in [-0.2, -0.15) is 0 Å². The molecule has 0 aliphatic rings. The lowest BCUT2D eigenvalue weighted by Crippen LogP contribution is -2.28. The van der Waals surface area contributed by atoms with Gasteiger partial charge in [-0.25, -0.2) is 4.99 Å². The molecular formula is C27H33IN2O2S. The summed E-state index contributed by atoms with van der Waals surface area (Å²) in [4.78, 5) is 7.41. The number of amidine groups is 1. The number of methoxy groups -OCH3 is 2. The Balaban J connectivity index is 0.00000385. The highest BCUT2D eigenvalue weighted by Crippen LogP contribution is 2.24. The third-order valence-corrected chi connectivity index (χ3v) is 6.22. The summed E-state index contributed by atoms with van der Waals surface area (Å²) in [5, 5.41) is 1.02. The summed E-state index contributed by atoms with van der Waals surface area (Å²) in [6, 6.07) is 22.9. The summed E-state index contributed by atoms with van der Waals surface area (Å²) in [7, 11) is 3.38. The average molecular weight is 577 g/mol. The first-order chi connectivity index (χ1) is 15.5. The van der Waals surface area contributed by atoms with Crippen molar-refractivity contribution in [2.75, 3.05) is 20.0 Å². The first-order valence-corrected chi connectivity index (χ1v) is 11.8. The standard InChI is InChI=1S/C27H32N2O2S.HI/c1-6-32-27(28-24-12-7-20(2)21(3)17-24)29(18-22-8-13-25(30-4)14-9-22)19-23-10-15-26(31-5)16-11-23;/h7-17H,6,18-19H2,1-5H3;1H. The first-order valence-electron chi connectivity index (χ1n) is 10.8. The van der Waals surface area contributed by atoms with Crippen LogP contribution in [0.25, 0.3) is 0 Å². The van der Waals surface area contributed by atoms with Crippen LogP contribution in [0, 0.1) is 13.8 Å². The molecule has 3 aromatic rings. The molecule has 0 aliphatic carbocycles. The summed E-state index contributed by atoms with van der Waals surface area (Å²) in [6.45, 7) is 7.94. The fraction of sp³-hybridized carbons (Fsp3) is 0.296. The van der Waals surface area contributed by atoms with Crippen LogP contribution in [0.5, 0.6) is 11.5 Å². The third kappa shape index (κ3) is 7.96. The van der Waals surface area contributed by atoms with Crippen molar-refractivity contribution in [2.45, 2.75) is 33.9 Å². The van der Waals surface area contributed by atoms with E-state index in [0.717, 1.165) is 41.2 Å². The summed E-state index contributed by atoms with van der Waals surface area (Å²) in [6.07, 6.45) is 0. The van der Waals surface area contributed by atoms with Crippen LogP contribution in [0.4, 0.5) is 5.69 Å². The van der Waals surface area contributed by atoms with E-state index < -0.39 is 0 Å². The van der Waals surface area contributed by atoms with E-state index in [-0.39, 0.29) is 24.0 Å². The second-order valence-corrected chi connectivity index (χ2v) is 8.88. The molecule has 0 N–H and O–H groups in total. The van der Waals surface area contributed by atoms with Gasteiger partial charge in [0.1, 0.15) is 11.5 Å². The third-order valence-electron chi connectivity index (χ3n) is 5.32. The number of thioether (sulfide) groups is 1. The van der Waals surface area contributed by atoms with E-state index in [1.54, 1.807) is 26.0 Å². The van der Waals surface area contributed by atoms with Crippen LogP contribution in [-0.2, 0) is 13.1 Å². The number of hydrogen-bond acceptors (Lipinski definition) is 4. The molecule has 0 spiro atoms. The smallest absolute Gasteiger partial charge is 0.164 e. The molecule has 0 amide bonds. The quantitative estimate of drug-likeness (QED) is 0.159. The Labute approximate surface area is 219 Å². The van der Waals surface area contributed by atoms with Gasteiger partial charge in [-0.3, -0.25) is 0 Å². The minimum Gasteiger partial charge on any atom is -0.497 e. The van der Waals surface area contributed by atoms with Gasteiger partial charge >= 0.3 is 0 Å². The normalized spacial score (nSPS) is 11.0. The van der Waals surface area contributed by atoms with Crippen molar-refractivity contribution in [3.05, 3.63) is 89.0 Å². The molecule has 0 aliphatic heterocycles. The van der Waals surface area contributed by atoms with Gasteiger partial charge in [0.2, 0.25) is 0 Å². The Kier molecular flexibility index (Phi) is 11.1. The van der Waals surface area contributed by atoms with E-state index in [9.17, 15) is 0 Å². The lowest BCUT2D eigenvalue weighted by molar-refractivity contribution is 0.405. The van der Waals surface area contributed by atoms with Crippen molar-refractivity contribution in [3.63, 3.8) is 0 Å². The van der Waals surface area contributed by atoms with Crippen molar-refractivity contribution in [1.82, 2.24) is 4.90 Å². The molecular weight excluding hydrogens is 543 g/mol. The molecule has 0 radical (unpaired) electrons. The van der Waals surface area contributed by atoms with Crippen molar-refractivity contribution >= 4 is 46.6 Å². The van der Waals surface area contributed by atoms with Crippen LogP contribution in [0.15, 0.2) is 71.7 Å². The van der Waals surface area contributed by atoms with Gasteiger partial charge < -0.3 is 14.4 Å². The van der Waals surface area contributed by atoms with Crippen LogP contribution in [-0.4, -0.2) is 30.0 Å². The number of benzene rings is 3. The van der Waals surface area contributed by atoms with E-state index in [0.29, 0.717) is 0 Å². The van der Waals surface area contributed by atoms with Crippen molar-refractivity contribution in [2.24, 2.45) is 4.99 Å². The lowest BCUT2D eigenvalue weighted by Gasteiger charge is -2.26. The monoisotopic (exact) mass is 576 g/mol. The van der Waals surface area contributed by atoms with Gasteiger partial charge in [0.05, 0.1) is 19.9 Å². The highest BCUT2D eigenvalue weighted by Gasteiger charge is 2.14. The van der Waals surface area contributed by atoms with E-state index in [1.165, 1.54) is 22.3 Å². The van der Waals surface area contributed by atoms with E-state index in [1.807, 2.05) is 24.3 Å². The minimum atomic E-state index is 0. The SMILES string of the molecule is CCSC(=Nc1ccc(C)c(C)c1)N(Cc1ccc(OC)cc1)Cc1ccc(OC)cc1.I. The van der Waals surface area contributed by atoms with E-state index >= 15 is 0 Å². The summed E-state index contributed by atoms with van der Waals surface area (Å²) < 4.78 is 10.6. The molecule has 0 aromatic heterocycles. The summed E-state index contributed by atoms with van der Waals surface area (Å²) >= 11 is 1.77. The Morgan fingerprint density at radius 3 is 1.73 bits per heavy atom. The van der Waals surface area contributed by atoms with Gasteiger partial charge in [-0.1, -0.05) is 49.0 Å². The lowest BCUT2D eigenvalue weighted by atomic mass is 10.1. The molecule has 0 atom stereocenters. The molecule has 6 heteroatoms. The maximum absolute atomic E-state index is 5.32. The Morgan fingerprint density at radius 1 is 0.788 bits per heavy atom. The fourth-order valence-electron chi connectivity index (χ4n) is 3.32. The maximum Gasteiger partial charge on any atom is 0.164 e. The number of aliphatic imine (C=N–C) groups is 1. The van der Waals surface area contributed by atoms with Crippen LogP contribution < -0.4 is 9.47 Å². The van der Waals surface area contributed by atoms with Crippen LogP contribution in [0.3, 0.4) is 0 Å². The number of rotatable bonds is 8. The van der Waals surface area contributed by atoms with Crippen LogP contribution in [0.1, 0.15) is 29.2 Å². The maximum atomic E-state index is 5.32. The Morgan fingerprint density at radius 2 is 1.30 bits per heavy atom. The molecule has 0 saturated carbocycles. The predicted molar refractivity (Wildman–Crippen MR) is 152 cm³/mol. The van der Waals surface area contributed by atoms with Crippen LogP contribution >= 0.6 is 35.7 Å². The van der Waals surface area contributed by atoms with E-state index in [4.69, 9.17) is 14.5 Å². The Bertz CT molecular complexity index is 987. The van der Waals surface area contributed by atoms with Gasteiger partial charge in [-0.05, 0) is 78.3 Å². The predicted octanol–water partition coefficient (Wildman–Crippen LogP) is 7.38. The van der Waals surface area contributed by atoms with Gasteiger partial charge in [0.25, 0.3) is 0 Å². The van der Waals surface area contributed by atoms with E-state index in [2.05, 4.69) is 68.1 Å². The zero-order valence-electron chi connectivity index (χ0n) is 20.0. The molecule has 176 valence electrons. The zero-order valence-corrected chi connectivity index (χ0v) is 23.1. The van der Waals surface area contributed by atoms with Crippen molar-refractivity contribution in [1.29, 1.82) is 0 Å².